The van der Waals surface area contributed by atoms with Gasteiger partial charge in [-0.05, 0) is 25.7 Å². The molecule has 2 N–H and O–H groups in total. The van der Waals surface area contributed by atoms with Crippen molar-refractivity contribution in [3.63, 3.8) is 0 Å². The molecule has 70 valence electrons. The van der Waals surface area contributed by atoms with Crippen molar-refractivity contribution in [1.29, 1.82) is 0 Å². The number of ether oxygens (including phenoxy) is 1. The number of hydrogen-bond acceptors (Lipinski definition) is 3. The molecule has 0 aromatic rings. The van der Waals surface area contributed by atoms with E-state index in [1.54, 1.807) is 6.92 Å². The van der Waals surface area contributed by atoms with E-state index in [0.717, 1.165) is 0 Å². The molecule has 0 saturated heterocycles. The van der Waals surface area contributed by atoms with Crippen molar-refractivity contribution in [2.24, 2.45) is 17.6 Å². The average molecular weight is 171 g/mol. The van der Waals surface area contributed by atoms with Gasteiger partial charge in [0, 0.05) is 6.04 Å². The number of esters is 1. The summed E-state index contributed by atoms with van der Waals surface area (Å²) in [5.74, 6) is 0.301. The van der Waals surface area contributed by atoms with Gasteiger partial charge in [0.2, 0.25) is 0 Å². The van der Waals surface area contributed by atoms with Crippen molar-refractivity contribution in [2.75, 3.05) is 6.61 Å². The molecule has 3 heteroatoms. The molecule has 2 atom stereocenters. The summed E-state index contributed by atoms with van der Waals surface area (Å²) in [6, 6.07) is -0.114. The second-order valence-corrected chi connectivity index (χ2v) is 3.72. The van der Waals surface area contributed by atoms with Crippen LogP contribution in [0.4, 0.5) is 0 Å². The molecule has 0 spiro atoms. The Morgan fingerprint density at radius 2 is 2.17 bits per heavy atom. The van der Waals surface area contributed by atoms with Crippen LogP contribution in [0.15, 0.2) is 0 Å². The Morgan fingerprint density at radius 3 is 2.58 bits per heavy atom. The van der Waals surface area contributed by atoms with Gasteiger partial charge in [-0.25, -0.2) is 0 Å². The summed E-state index contributed by atoms with van der Waals surface area (Å²) in [6.45, 7) is 4.22. The van der Waals surface area contributed by atoms with Crippen LogP contribution in [0.1, 0.15) is 26.7 Å². The Kier molecular flexibility index (Phi) is 3.09. The largest absolute Gasteiger partial charge is 0.465 e. The Labute approximate surface area is 73.3 Å². The minimum Gasteiger partial charge on any atom is -0.465 e. The Bertz CT molecular complexity index is 164. The van der Waals surface area contributed by atoms with Crippen LogP contribution in [0.5, 0.6) is 0 Å². The lowest BCUT2D eigenvalue weighted by Crippen LogP contribution is -2.32. The summed E-state index contributed by atoms with van der Waals surface area (Å²) in [7, 11) is 0. The molecule has 0 aliphatic heterocycles. The lowest BCUT2D eigenvalue weighted by atomic mass is 10.1. The highest BCUT2D eigenvalue weighted by atomic mass is 16.5. The fraction of sp³-hybridized carbons (Fsp3) is 0.889. The highest BCUT2D eigenvalue weighted by Crippen LogP contribution is 2.29. The van der Waals surface area contributed by atoms with Gasteiger partial charge in [-0.1, -0.05) is 6.92 Å². The summed E-state index contributed by atoms with van der Waals surface area (Å²) in [5, 5.41) is 0. The topological polar surface area (TPSA) is 52.3 Å². The molecule has 1 aliphatic carbocycles. The van der Waals surface area contributed by atoms with Crippen LogP contribution in [0.3, 0.4) is 0 Å². The summed E-state index contributed by atoms with van der Waals surface area (Å²) in [5.41, 5.74) is 5.56. The molecule has 0 aromatic carbocycles. The van der Waals surface area contributed by atoms with Crippen molar-refractivity contribution in [3.8, 4) is 0 Å². The monoisotopic (exact) mass is 171 g/mol. The molecule has 0 amide bonds. The van der Waals surface area contributed by atoms with Crippen molar-refractivity contribution in [1.82, 2.24) is 0 Å². The van der Waals surface area contributed by atoms with E-state index in [2.05, 4.69) is 0 Å². The van der Waals surface area contributed by atoms with Crippen LogP contribution < -0.4 is 5.73 Å². The number of rotatable bonds is 4. The van der Waals surface area contributed by atoms with E-state index in [-0.39, 0.29) is 17.9 Å². The van der Waals surface area contributed by atoms with Gasteiger partial charge in [0.1, 0.15) is 0 Å². The van der Waals surface area contributed by atoms with Crippen molar-refractivity contribution >= 4 is 5.97 Å². The fourth-order valence-electron chi connectivity index (χ4n) is 0.831. The van der Waals surface area contributed by atoms with E-state index >= 15 is 0 Å². The molecule has 1 rings (SSSR count). The second kappa shape index (κ2) is 3.90. The van der Waals surface area contributed by atoms with E-state index in [9.17, 15) is 4.79 Å². The molecular formula is C9H17NO2. The van der Waals surface area contributed by atoms with Gasteiger partial charge in [0.05, 0.1) is 12.5 Å². The maximum absolute atomic E-state index is 11.2. The smallest absolute Gasteiger partial charge is 0.310 e. The van der Waals surface area contributed by atoms with E-state index in [0.29, 0.717) is 12.5 Å². The number of nitrogens with two attached hydrogens (primary N) is 1. The summed E-state index contributed by atoms with van der Waals surface area (Å²) >= 11 is 0. The van der Waals surface area contributed by atoms with Gasteiger partial charge in [-0.15, -0.1) is 0 Å². The number of hydrogen-bond donors (Lipinski definition) is 1. The highest BCUT2D eigenvalue weighted by Gasteiger charge is 2.25. The summed E-state index contributed by atoms with van der Waals surface area (Å²) in [4.78, 5) is 11.2. The Morgan fingerprint density at radius 1 is 1.58 bits per heavy atom. The van der Waals surface area contributed by atoms with Crippen LogP contribution in [0.2, 0.25) is 0 Å². The molecule has 1 aliphatic rings. The Balaban J connectivity index is 2.16. The fourth-order valence-corrected chi connectivity index (χ4v) is 0.831. The van der Waals surface area contributed by atoms with Gasteiger partial charge in [0.25, 0.3) is 0 Å². The standard InChI is InChI=1S/C9H17NO2/c1-6(7(2)10)9(11)12-5-8-3-4-8/h6-8H,3-5,10H2,1-2H3. The van der Waals surface area contributed by atoms with Gasteiger partial charge >= 0.3 is 5.97 Å². The van der Waals surface area contributed by atoms with Crippen LogP contribution in [-0.2, 0) is 9.53 Å². The zero-order valence-corrected chi connectivity index (χ0v) is 7.75. The first-order valence-electron chi connectivity index (χ1n) is 4.53. The third-order valence-electron chi connectivity index (χ3n) is 2.32. The first-order valence-corrected chi connectivity index (χ1v) is 4.53. The first kappa shape index (κ1) is 9.52. The lowest BCUT2D eigenvalue weighted by molar-refractivity contribution is -0.148. The highest BCUT2D eigenvalue weighted by molar-refractivity contribution is 5.72. The van der Waals surface area contributed by atoms with E-state index in [1.165, 1.54) is 12.8 Å². The maximum atomic E-state index is 11.2. The predicted octanol–water partition coefficient (Wildman–Crippen LogP) is 0.923. The quantitative estimate of drug-likeness (QED) is 0.640. The van der Waals surface area contributed by atoms with Crippen LogP contribution in [0.25, 0.3) is 0 Å². The third-order valence-corrected chi connectivity index (χ3v) is 2.32. The zero-order valence-electron chi connectivity index (χ0n) is 7.75. The van der Waals surface area contributed by atoms with E-state index in [1.807, 2.05) is 6.92 Å². The molecule has 0 heterocycles. The van der Waals surface area contributed by atoms with E-state index < -0.39 is 0 Å². The van der Waals surface area contributed by atoms with Gasteiger partial charge in [0.15, 0.2) is 0 Å². The average Bonchev–Trinajstić information content (AvgIpc) is 2.81. The second-order valence-electron chi connectivity index (χ2n) is 3.72. The van der Waals surface area contributed by atoms with Crippen LogP contribution >= 0.6 is 0 Å². The van der Waals surface area contributed by atoms with Crippen molar-refractivity contribution in [3.05, 3.63) is 0 Å². The molecule has 2 unspecified atom stereocenters. The third kappa shape index (κ3) is 2.81. The number of carbonyl (C=O) groups excluding carboxylic acids is 1. The normalized spacial score (nSPS) is 21.6. The summed E-state index contributed by atoms with van der Waals surface area (Å²) < 4.78 is 5.07. The van der Waals surface area contributed by atoms with Gasteiger partial charge in [-0.3, -0.25) is 4.79 Å². The molecular weight excluding hydrogens is 154 g/mol. The zero-order chi connectivity index (χ0) is 9.14. The minimum absolute atomic E-state index is 0.114. The predicted molar refractivity (Wildman–Crippen MR) is 46.5 cm³/mol. The molecule has 0 aromatic heterocycles. The Hall–Kier alpha value is -0.570. The molecule has 0 radical (unpaired) electrons. The van der Waals surface area contributed by atoms with Crippen molar-refractivity contribution < 1.29 is 9.53 Å². The van der Waals surface area contributed by atoms with Crippen molar-refractivity contribution in [2.45, 2.75) is 32.7 Å². The molecule has 1 saturated carbocycles. The van der Waals surface area contributed by atoms with Gasteiger partial charge in [-0.2, -0.15) is 0 Å². The number of carbonyl (C=O) groups is 1. The lowest BCUT2D eigenvalue weighted by Gasteiger charge is -2.13. The minimum atomic E-state index is -0.177. The van der Waals surface area contributed by atoms with Crippen LogP contribution in [0, 0.1) is 11.8 Å². The molecule has 3 nitrogen and oxygen atoms in total. The van der Waals surface area contributed by atoms with E-state index in [4.69, 9.17) is 10.5 Å². The molecule has 1 fully saturated rings. The molecule has 12 heavy (non-hydrogen) atoms. The van der Waals surface area contributed by atoms with Crippen LogP contribution in [-0.4, -0.2) is 18.6 Å². The SMILES string of the molecule is CC(N)C(C)C(=O)OCC1CC1. The summed E-state index contributed by atoms with van der Waals surface area (Å²) in [6.07, 6.45) is 2.42. The van der Waals surface area contributed by atoms with Gasteiger partial charge < -0.3 is 10.5 Å². The first-order chi connectivity index (χ1) is 5.61. The maximum Gasteiger partial charge on any atom is 0.310 e. The molecule has 0 bridgehead atoms.